The molecule has 2 nitrogen and oxygen atoms in total. The zero-order chi connectivity index (χ0) is 10.5. The average Bonchev–Trinajstić information content (AvgIpc) is 2.86. The average molecular weight is 223 g/mol. The third-order valence-corrected chi connectivity index (χ3v) is 3.82. The van der Waals surface area contributed by atoms with Crippen molar-refractivity contribution in [3.63, 3.8) is 0 Å². The van der Waals surface area contributed by atoms with Crippen molar-refractivity contribution in [1.29, 1.82) is 0 Å². The quantitative estimate of drug-likeness (QED) is 0.829. The normalized spacial score (nSPS) is 20.7. The molecule has 1 aliphatic rings. The topological polar surface area (TPSA) is 29.1 Å². The highest BCUT2D eigenvalue weighted by Crippen LogP contribution is 2.16. The van der Waals surface area contributed by atoms with Crippen LogP contribution in [0.25, 0.3) is 0 Å². The van der Waals surface area contributed by atoms with Crippen LogP contribution in [0.1, 0.15) is 24.1 Å². The Balaban J connectivity index is 1.68. The summed E-state index contributed by atoms with van der Waals surface area (Å²) in [7, 11) is 0. The zero-order valence-electron chi connectivity index (χ0n) is 8.87. The third-order valence-electron chi connectivity index (χ3n) is 2.95. The Kier molecular flexibility index (Phi) is 3.92. The van der Waals surface area contributed by atoms with Gasteiger partial charge in [-0.2, -0.15) is 0 Å². The molecule has 1 N–H and O–H groups in total. The maximum Gasteiger partial charge on any atom is 0.138 e. The monoisotopic (exact) mass is 223 g/mol. The van der Waals surface area contributed by atoms with Gasteiger partial charge in [0.05, 0.1) is 0 Å². The highest BCUT2D eigenvalue weighted by Gasteiger charge is 2.15. The minimum atomic E-state index is 0.393. The van der Waals surface area contributed by atoms with E-state index in [2.05, 4.69) is 5.32 Å². The molecule has 1 aliphatic heterocycles. The Morgan fingerprint density at radius 2 is 2.53 bits per heavy atom. The lowest BCUT2D eigenvalue weighted by Crippen LogP contribution is -2.11. The molecule has 1 saturated heterocycles. The van der Waals surface area contributed by atoms with E-state index < -0.39 is 0 Å². The fourth-order valence-corrected chi connectivity index (χ4v) is 2.76. The molecule has 0 aromatic carbocycles. The van der Waals surface area contributed by atoms with Crippen molar-refractivity contribution in [2.24, 2.45) is 5.92 Å². The minimum Gasteiger partial charge on any atom is -0.316 e. The van der Waals surface area contributed by atoms with Gasteiger partial charge in [0.25, 0.3) is 0 Å². The number of ketones is 1. The van der Waals surface area contributed by atoms with Gasteiger partial charge in [-0.05, 0) is 43.3 Å². The largest absolute Gasteiger partial charge is 0.316 e. The number of thiophene rings is 1. The highest BCUT2D eigenvalue weighted by atomic mass is 32.1. The van der Waals surface area contributed by atoms with Gasteiger partial charge in [-0.3, -0.25) is 4.79 Å². The van der Waals surface area contributed by atoms with E-state index in [1.165, 1.54) is 11.3 Å². The molecule has 1 fully saturated rings. The van der Waals surface area contributed by atoms with Crippen molar-refractivity contribution in [3.05, 3.63) is 22.4 Å². The van der Waals surface area contributed by atoms with Gasteiger partial charge in [-0.25, -0.2) is 0 Å². The lowest BCUT2D eigenvalue weighted by atomic mass is 10.00. The van der Waals surface area contributed by atoms with Gasteiger partial charge in [0.2, 0.25) is 0 Å². The maximum absolute atomic E-state index is 11.7. The van der Waals surface area contributed by atoms with Crippen LogP contribution >= 0.6 is 11.3 Å². The highest BCUT2D eigenvalue weighted by molar-refractivity contribution is 7.10. The number of Topliss-reactive ketones (excluding diaryl/α,β-unsaturated/α-hetero) is 1. The van der Waals surface area contributed by atoms with E-state index in [4.69, 9.17) is 0 Å². The second-order valence-electron chi connectivity index (χ2n) is 4.19. The van der Waals surface area contributed by atoms with Gasteiger partial charge >= 0.3 is 0 Å². The molecule has 0 spiro atoms. The van der Waals surface area contributed by atoms with Crippen molar-refractivity contribution in [2.45, 2.75) is 25.7 Å². The van der Waals surface area contributed by atoms with E-state index in [9.17, 15) is 4.79 Å². The van der Waals surface area contributed by atoms with Crippen LogP contribution in [-0.2, 0) is 11.2 Å². The molecule has 0 amide bonds. The Morgan fingerprint density at radius 3 is 3.20 bits per heavy atom. The number of carbonyl (C=O) groups excluding carboxylic acids is 1. The number of rotatable bonds is 5. The van der Waals surface area contributed by atoms with Gasteiger partial charge in [0.1, 0.15) is 5.78 Å². The minimum absolute atomic E-state index is 0.393. The van der Waals surface area contributed by atoms with Crippen LogP contribution in [0.2, 0.25) is 0 Å². The van der Waals surface area contributed by atoms with Crippen molar-refractivity contribution in [1.82, 2.24) is 5.32 Å². The van der Waals surface area contributed by atoms with E-state index in [1.807, 2.05) is 17.5 Å². The van der Waals surface area contributed by atoms with Gasteiger partial charge in [-0.15, -0.1) is 11.3 Å². The Hall–Kier alpha value is -0.670. The van der Waals surface area contributed by atoms with Crippen LogP contribution in [0.5, 0.6) is 0 Å². The molecule has 0 bridgehead atoms. The maximum atomic E-state index is 11.7. The number of nitrogens with one attached hydrogen (secondary N) is 1. The molecule has 1 atom stereocenters. The molecule has 0 aliphatic carbocycles. The first-order chi connectivity index (χ1) is 7.34. The van der Waals surface area contributed by atoms with E-state index in [1.54, 1.807) is 11.3 Å². The Labute approximate surface area is 94.7 Å². The smallest absolute Gasteiger partial charge is 0.138 e. The second kappa shape index (κ2) is 5.42. The summed E-state index contributed by atoms with van der Waals surface area (Å²) in [5.41, 5.74) is 0. The predicted molar refractivity (Wildman–Crippen MR) is 63.2 cm³/mol. The fourth-order valence-electron chi connectivity index (χ4n) is 2.02. The van der Waals surface area contributed by atoms with Crippen LogP contribution in [0.4, 0.5) is 0 Å². The summed E-state index contributed by atoms with van der Waals surface area (Å²) >= 11 is 1.68. The molecule has 2 heterocycles. The number of hydrogen-bond donors (Lipinski definition) is 1. The molecule has 15 heavy (non-hydrogen) atoms. The summed E-state index contributed by atoms with van der Waals surface area (Å²) in [4.78, 5) is 12.9. The number of hydrogen-bond acceptors (Lipinski definition) is 3. The molecule has 82 valence electrons. The van der Waals surface area contributed by atoms with Gasteiger partial charge in [0, 0.05) is 17.7 Å². The first-order valence-corrected chi connectivity index (χ1v) is 6.47. The molecule has 0 radical (unpaired) electrons. The van der Waals surface area contributed by atoms with Crippen LogP contribution in [-0.4, -0.2) is 18.9 Å². The van der Waals surface area contributed by atoms with Gasteiger partial charge in [0.15, 0.2) is 0 Å². The van der Waals surface area contributed by atoms with Crippen molar-refractivity contribution in [2.75, 3.05) is 13.1 Å². The summed E-state index contributed by atoms with van der Waals surface area (Å²) in [6.45, 7) is 2.23. The molecule has 1 aromatic heterocycles. The second-order valence-corrected chi connectivity index (χ2v) is 5.22. The molecule has 3 heteroatoms. The lowest BCUT2D eigenvalue weighted by molar-refractivity contribution is -0.118. The number of carbonyl (C=O) groups is 1. The van der Waals surface area contributed by atoms with Crippen molar-refractivity contribution < 1.29 is 4.79 Å². The Bertz CT molecular complexity index is 301. The van der Waals surface area contributed by atoms with Crippen LogP contribution < -0.4 is 5.32 Å². The lowest BCUT2D eigenvalue weighted by Gasteiger charge is -2.06. The standard InChI is InChI=1S/C12H17NOS/c14-11(8-12-2-1-7-15-12)4-3-10-5-6-13-9-10/h1-2,7,10,13H,3-6,8-9H2. The predicted octanol–water partition coefficient (Wildman–Crippen LogP) is 2.25. The SMILES string of the molecule is O=C(CCC1CCNC1)Cc1cccs1. The molecule has 0 saturated carbocycles. The van der Waals surface area contributed by atoms with Gasteiger partial charge < -0.3 is 5.32 Å². The summed E-state index contributed by atoms with van der Waals surface area (Å²) in [5.74, 6) is 1.13. The first-order valence-electron chi connectivity index (χ1n) is 5.59. The summed E-state index contributed by atoms with van der Waals surface area (Å²) < 4.78 is 0. The molecular formula is C12H17NOS. The van der Waals surface area contributed by atoms with E-state index in [0.717, 1.165) is 31.8 Å². The summed E-state index contributed by atoms with van der Waals surface area (Å²) in [5, 5.41) is 5.36. The van der Waals surface area contributed by atoms with Crippen LogP contribution in [0, 0.1) is 5.92 Å². The van der Waals surface area contributed by atoms with Crippen molar-refractivity contribution in [3.8, 4) is 0 Å². The summed E-state index contributed by atoms with van der Waals surface area (Å²) in [6, 6.07) is 4.05. The van der Waals surface area contributed by atoms with Gasteiger partial charge in [-0.1, -0.05) is 6.07 Å². The third kappa shape index (κ3) is 3.43. The van der Waals surface area contributed by atoms with Crippen molar-refractivity contribution >= 4 is 17.1 Å². The van der Waals surface area contributed by atoms with Crippen LogP contribution in [0.3, 0.4) is 0 Å². The molecule has 1 unspecified atom stereocenters. The fraction of sp³-hybridized carbons (Fsp3) is 0.583. The summed E-state index contributed by atoms with van der Waals surface area (Å²) in [6.07, 6.45) is 3.70. The molecule has 2 rings (SSSR count). The van der Waals surface area contributed by atoms with E-state index in [0.29, 0.717) is 12.2 Å². The zero-order valence-corrected chi connectivity index (χ0v) is 9.69. The molecular weight excluding hydrogens is 206 g/mol. The van der Waals surface area contributed by atoms with Crippen LogP contribution in [0.15, 0.2) is 17.5 Å². The first kappa shape index (κ1) is 10.8. The Morgan fingerprint density at radius 1 is 1.60 bits per heavy atom. The van der Waals surface area contributed by atoms with E-state index in [-0.39, 0.29) is 0 Å². The molecule has 1 aromatic rings. The van der Waals surface area contributed by atoms with E-state index >= 15 is 0 Å².